The number of nitrogens with zero attached hydrogens (tertiary/aromatic N) is 4. The topological polar surface area (TPSA) is 127 Å². The number of methoxy groups -OCH3 is 1. The Bertz CT molecular complexity index is 2000. The van der Waals surface area contributed by atoms with Gasteiger partial charge in [0, 0.05) is 29.2 Å². The van der Waals surface area contributed by atoms with E-state index >= 15 is 0 Å². The largest absolute Gasteiger partial charge is 0.490 e. The fourth-order valence-corrected chi connectivity index (χ4v) is 6.35. The van der Waals surface area contributed by atoms with Gasteiger partial charge in [0.15, 0.2) is 16.3 Å². The van der Waals surface area contributed by atoms with Crippen LogP contribution in [-0.4, -0.2) is 40.4 Å². The number of aromatic nitrogens is 2. The second-order valence-corrected chi connectivity index (χ2v) is 11.1. The Kier molecular flexibility index (Phi) is 8.54. The van der Waals surface area contributed by atoms with Crippen LogP contribution in [-0.2, 0) is 9.53 Å². The highest BCUT2D eigenvalue weighted by Crippen LogP contribution is 2.35. The summed E-state index contributed by atoms with van der Waals surface area (Å²) in [5, 5.41) is 11.6. The molecule has 0 spiro atoms. The van der Waals surface area contributed by atoms with Gasteiger partial charge in [0.1, 0.15) is 0 Å². The molecule has 1 aliphatic heterocycles. The van der Waals surface area contributed by atoms with Crippen LogP contribution in [0.4, 0.5) is 5.69 Å². The number of esters is 1. The van der Waals surface area contributed by atoms with Crippen molar-refractivity contribution < 1.29 is 23.9 Å². The van der Waals surface area contributed by atoms with Gasteiger partial charge >= 0.3 is 5.97 Å². The Morgan fingerprint density at radius 1 is 1.07 bits per heavy atom. The summed E-state index contributed by atoms with van der Waals surface area (Å²) in [5.41, 5.74) is 4.22. The number of hydrogen-bond acceptors (Lipinski definition) is 9. The third-order valence-corrected chi connectivity index (χ3v) is 8.41. The molecule has 2 aromatic carbocycles. The molecule has 2 aromatic heterocycles. The molecule has 5 rings (SSSR count). The second kappa shape index (κ2) is 12.3. The van der Waals surface area contributed by atoms with Crippen LogP contribution in [0.3, 0.4) is 0 Å². The molecule has 1 aliphatic rings. The molecule has 11 nitrogen and oxygen atoms in total. The lowest BCUT2D eigenvalue weighted by molar-refractivity contribution is -0.385. The first kappa shape index (κ1) is 30.5. The first-order valence-electron chi connectivity index (χ1n) is 14.0. The predicted molar refractivity (Wildman–Crippen MR) is 167 cm³/mol. The van der Waals surface area contributed by atoms with Crippen LogP contribution in [0.1, 0.15) is 48.0 Å². The van der Waals surface area contributed by atoms with Gasteiger partial charge in [-0.2, -0.15) is 0 Å². The van der Waals surface area contributed by atoms with E-state index in [4.69, 9.17) is 14.2 Å². The van der Waals surface area contributed by atoms with Crippen molar-refractivity contribution in [1.82, 2.24) is 9.13 Å². The average Bonchev–Trinajstić information content (AvgIpc) is 3.47. The number of carbonyl (C=O) groups excluding carboxylic acids is 1. The van der Waals surface area contributed by atoms with Gasteiger partial charge in [-0.3, -0.25) is 19.5 Å². The van der Waals surface area contributed by atoms with Gasteiger partial charge in [-0.05, 0) is 76.1 Å². The number of rotatable bonds is 9. The monoisotopic (exact) mass is 616 g/mol. The Morgan fingerprint density at radius 2 is 1.80 bits per heavy atom. The maximum absolute atomic E-state index is 14.0. The molecule has 1 atom stereocenters. The molecule has 228 valence electrons. The van der Waals surface area contributed by atoms with E-state index in [1.165, 1.54) is 29.2 Å². The van der Waals surface area contributed by atoms with E-state index in [1.807, 2.05) is 44.4 Å². The third kappa shape index (κ3) is 5.44. The maximum Gasteiger partial charge on any atom is 0.337 e. The predicted octanol–water partition coefficient (Wildman–Crippen LogP) is 4.44. The highest BCUT2D eigenvalue weighted by atomic mass is 32.1. The van der Waals surface area contributed by atoms with Crippen LogP contribution in [0.15, 0.2) is 64.0 Å². The molecule has 0 radical (unpaired) electrons. The number of carbonyl (C=O) groups is 1. The number of nitro benzene ring substituents is 1. The van der Waals surface area contributed by atoms with E-state index in [0.717, 1.165) is 17.0 Å². The van der Waals surface area contributed by atoms with Crippen molar-refractivity contribution in [3.05, 3.63) is 112 Å². The zero-order valence-electron chi connectivity index (χ0n) is 25.2. The molecule has 0 saturated carbocycles. The highest BCUT2D eigenvalue weighted by molar-refractivity contribution is 7.07. The number of aryl methyl sites for hydroxylation is 2. The Labute approximate surface area is 257 Å². The van der Waals surface area contributed by atoms with Crippen molar-refractivity contribution in [2.24, 2.45) is 4.99 Å². The molecule has 4 aromatic rings. The number of benzene rings is 2. The molecule has 44 heavy (non-hydrogen) atoms. The minimum absolute atomic E-state index is 0.0352. The minimum Gasteiger partial charge on any atom is -0.490 e. The van der Waals surface area contributed by atoms with Crippen LogP contribution < -0.4 is 24.4 Å². The summed E-state index contributed by atoms with van der Waals surface area (Å²) in [6, 6.07) is 11.6. The molecule has 0 bridgehead atoms. The molecule has 0 saturated heterocycles. The Hall–Kier alpha value is -4.97. The number of thiazole rings is 1. The zero-order chi connectivity index (χ0) is 31.7. The third-order valence-electron chi connectivity index (χ3n) is 7.41. The summed E-state index contributed by atoms with van der Waals surface area (Å²) in [6.45, 7) is 10.1. The molecule has 0 amide bonds. The van der Waals surface area contributed by atoms with E-state index in [0.29, 0.717) is 50.9 Å². The van der Waals surface area contributed by atoms with Crippen molar-refractivity contribution in [3.63, 3.8) is 0 Å². The van der Waals surface area contributed by atoms with Gasteiger partial charge in [-0.25, -0.2) is 9.79 Å². The van der Waals surface area contributed by atoms with Crippen molar-refractivity contribution in [3.8, 4) is 17.2 Å². The fourth-order valence-electron chi connectivity index (χ4n) is 5.39. The maximum atomic E-state index is 14.0. The SMILES string of the molecule is CCOc1ccc([C@@H]2C(C(=O)OC)=CN=c3s/c(=C\c4cc(C)n(-c5ccc(C)c([N+](=O)[O-])c5)c4C)c(=O)n32)cc1OCC. The van der Waals surface area contributed by atoms with Gasteiger partial charge in [0.05, 0.1) is 47.1 Å². The first-order valence-corrected chi connectivity index (χ1v) is 14.8. The summed E-state index contributed by atoms with van der Waals surface area (Å²) in [7, 11) is 1.29. The van der Waals surface area contributed by atoms with Gasteiger partial charge < -0.3 is 18.8 Å². The summed E-state index contributed by atoms with van der Waals surface area (Å²) in [5.74, 6) is 0.456. The van der Waals surface area contributed by atoms with Crippen molar-refractivity contribution in [2.75, 3.05) is 20.3 Å². The quantitative estimate of drug-likeness (QED) is 0.155. The molecular weight excluding hydrogens is 584 g/mol. The molecule has 3 heterocycles. The molecule has 0 aliphatic carbocycles. The zero-order valence-corrected chi connectivity index (χ0v) is 26.1. The summed E-state index contributed by atoms with van der Waals surface area (Å²) >= 11 is 1.21. The lowest BCUT2D eigenvalue weighted by atomic mass is 9.97. The Balaban J connectivity index is 1.65. The van der Waals surface area contributed by atoms with Gasteiger partial charge in [0.2, 0.25) is 0 Å². The van der Waals surface area contributed by atoms with E-state index in [1.54, 1.807) is 43.3 Å². The number of nitro groups is 1. The first-order chi connectivity index (χ1) is 21.1. The number of ether oxygens (including phenoxy) is 3. The minimum atomic E-state index is -0.809. The van der Waals surface area contributed by atoms with Gasteiger partial charge in [0.25, 0.3) is 11.2 Å². The second-order valence-electron chi connectivity index (χ2n) is 10.1. The Morgan fingerprint density at radius 3 is 2.48 bits per heavy atom. The molecule has 0 unspecified atom stereocenters. The van der Waals surface area contributed by atoms with Gasteiger partial charge in [-0.1, -0.05) is 23.5 Å². The summed E-state index contributed by atoms with van der Waals surface area (Å²) < 4.78 is 20.4. The summed E-state index contributed by atoms with van der Waals surface area (Å²) in [6.07, 6.45) is 3.23. The van der Waals surface area contributed by atoms with E-state index in [2.05, 4.69) is 4.99 Å². The van der Waals surface area contributed by atoms with Crippen LogP contribution in [0, 0.1) is 30.9 Å². The van der Waals surface area contributed by atoms with Crippen molar-refractivity contribution in [2.45, 2.75) is 40.7 Å². The van der Waals surface area contributed by atoms with Crippen molar-refractivity contribution >= 4 is 29.1 Å². The lowest BCUT2D eigenvalue weighted by Gasteiger charge is -2.23. The molecule has 12 heteroatoms. The number of fused-ring (bicyclic) bond motifs is 1. The lowest BCUT2D eigenvalue weighted by Crippen LogP contribution is -2.39. The van der Waals surface area contributed by atoms with Crippen LogP contribution in [0.5, 0.6) is 11.5 Å². The smallest absolute Gasteiger partial charge is 0.337 e. The average molecular weight is 617 g/mol. The molecular formula is C32H32N4O7S. The normalized spacial score (nSPS) is 14.5. The van der Waals surface area contributed by atoms with Crippen LogP contribution in [0.25, 0.3) is 11.8 Å². The highest BCUT2D eigenvalue weighted by Gasteiger charge is 2.31. The van der Waals surface area contributed by atoms with Crippen molar-refractivity contribution in [1.29, 1.82) is 0 Å². The fraction of sp³-hybridized carbons (Fsp3) is 0.281. The van der Waals surface area contributed by atoms with Gasteiger partial charge in [-0.15, -0.1) is 0 Å². The van der Waals surface area contributed by atoms with E-state index < -0.39 is 16.9 Å². The standard InChI is InChI=1S/C32H32N4O7S/c1-7-42-26-12-10-21(14-27(26)43-8-2)29-24(31(38)41-6)17-33-32-35(29)30(37)28(44-32)15-22-13-19(4)34(20(22)5)23-11-9-18(3)25(16-23)36(39)40/h9-17,29H,7-8H2,1-6H3/b28-15-/t29-/m1/s1. The summed E-state index contributed by atoms with van der Waals surface area (Å²) in [4.78, 5) is 43.0. The van der Waals surface area contributed by atoms with E-state index in [9.17, 15) is 19.7 Å². The van der Waals surface area contributed by atoms with Crippen LogP contribution in [0.2, 0.25) is 0 Å². The van der Waals surface area contributed by atoms with E-state index in [-0.39, 0.29) is 16.8 Å². The molecule has 0 fully saturated rings. The molecule has 0 N–H and O–H groups in total. The number of hydrogen-bond donors (Lipinski definition) is 0. The van der Waals surface area contributed by atoms with Crippen LogP contribution >= 0.6 is 11.3 Å².